The number of aromatic nitrogens is 1. The molecule has 0 saturated carbocycles. The van der Waals surface area contributed by atoms with E-state index < -0.39 is 11.7 Å². The molecular weight excluding hydrogens is 304 g/mol. The number of carbonyl (C=O) groups is 2. The van der Waals surface area contributed by atoms with Crippen LogP contribution in [0.5, 0.6) is 0 Å². The number of carbonyl (C=O) groups excluding carboxylic acids is 2. The number of hydrogen-bond donors (Lipinski definition) is 1. The van der Waals surface area contributed by atoms with Crippen LogP contribution in [0.15, 0.2) is 60.8 Å². The lowest BCUT2D eigenvalue weighted by Gasteiger charge is -2.07. The third-order valence-corrected chi connectivity index (χ3v) is 3.78. The molecule has 3 rings (SSSR count). The first-order chi connectivity index (χ1) is 11.7. The van der Waals surface area contributed by atoms with Crippen LogP contribution >= 0.6 is 0 Å². The number of pyridine rings is 1. The van der Waals surface area contributed by atoms with Crippen molar-refractivity contribution in [3.05, 3.63) is 66.5 Å². The third-order valence-electron chi connectivity index (χ3n) is 3.78. The fourth-order valence-electron chi connectivity index (χ4n) is 2.65. The van der Waals surface area contributed by atoms with Crippen molar-refractivity contribution in [2.24, 2.45) is 0 Å². The summed E-state index contributed by atoms with van der Waals surface area (Å²) >= 11 is 0. The van der Waals surface area contributed by atoms with E-state index in [0.29, 0.717) is 18.8 Å². The minimum atomic E-state index is -0.631. The number of methoxy groups -OCH3 is 1. The van der Waals surface area contributed by atoms with Crippen molar-refractivity contribution in [3.63, 3.8) is 0 Å². The Morgan fingerprint density at radius 3 is 2.58 bits per heavy atom. The Balaban J connectivity index is 2.05. The van der Waals surface area contributed by atoms with Gasteiger partial charge in [-0.2, -0.15) is 0 Å². The SMILES string of the molecule is COCCNC(=O)C(=O)c1c(-c2ccccc2)cc2ccccn12. The predicted molar refractivity (Wildman–Crippen MR) is 92.0 cm³/mol. The normalized spacial score (nSPS) is 10.7. The summed E-state index contributed by atoms with van der Waals surface area (Å²) in [6.45, 7) is 0.657. The maximum Gasteiger partial charge on any atom is 0.294 e. The number of nitrogens with one attached hydrogen (secondary N) is 1. The van der Waals surface area contributed by atoms with Crippen LogP contribution < -0.4 is 5.32 Å². The highest BCUT2D eigenvalue weighted by molar-refractivity contribution is 6.43. The largest absolute Gasteiger partial charge is 0.383 e. The highest BCUT2D eigenvalue weighted by Gasteiger charge is 2.24. The van der Waals surface area contributed by atoms with Gasteiger partial charge in [-0.3, -0.25) is 9.59 Å². The van der Waals surface area contributed by atoms with Gasteiger partial charge in [0.2, 0.25) is 0 Å². The molecule has 0 atom stereocenters. The molecule has 5 heteroatoms. The Labute approximate surface area is 139 Å². The van der Waals surface area contributed by atoms with E-state index in [1.54, 1.807) is 17.7 Å². The Morgan fingerprint density at radius 2 is 1.83 bits per heavy atom. The van der Waals surface area contributed by atoms with Crippen LogP contribution in [0, 0.1) is 0 Å². The van der Waals surface area contributed by atoms with E-state index in [1.807, 2.05) is 54.6 Å². The van der Waals surface area contributed by atoms with E-state index in [2.05, 4.69) is 5.32 Å². The van der Waals surface area contributed by atoms with Crippen LogP contribution in [0.3, 0.4) is 0 Å². The lowest BCUT2D eigenvalue weighted by atomic mass is 10.0. The molecule has 0 fully saturated rings. The number of nitrogens with zero attached hydrogens (tertiary/aromatic N) is 1. The van der Waals surface area contributed by atoms with Gasteiger partial charge in [-0.25, -0.2) is 0 Å². The highest BCUT2D eigenvalue weighted by Crippen LogP contribution is 2.28. The van der Waals surface area contributed by atoms with Crippen molar-refractivity contribution in [2.75, 3.05) is 20.3 Å². The predicted octanol–water partition coefficient (Wildman–Crippen LogP) is 2.55. The van der Waals surface area contributed by atoms with Crippen molar-refractivity contribution in [2.45, 2.75) is 0 Å². The first-order valence-corrected chi connectivity index (χ1v) is 7.69. The second-order valence-corrected chi connectivity index (χ2v) is 5.35. The van der Waals surface area contributed by atoms with E-state index in [1.165, 1.54) is 0 Å². The van der Waals surface area contributed by atoms with Crippen LogP contribution in [0.1, 0.15) is 10.5 Å². The van der Waals surface area contributed by atoms with Crippen molar-refractivity contribution in [3.8, 4) is 11.1 Å². The van der Waals surface area contributed by atoms with E-state index in [4.69, 9.17) is 4.74 Å². The number of hydrogen-bond acceptors (Lipinski definition) is 3. The molecule has 0 aliphatic heterocycles. The summed E-state index contributed by atoms with van der Waals surface area (Å²) in [5.41, 5.74) is 2.87. The summed E-state index contributed by atoms with van der Waals surface area (Å²) in [5.74, 6) is -1.19. The Hall–Kier alpha value is -2.92. The molecular formula is C19H18N2O3. The smallest absolute Gasteiger partial charge is 0.294 e. The van der Waals surface area contributed by atoms with Crippen LogP contribution in [0.4, 0.5) is 0 Å². The Bertz CT molecular complexity index is 869. The molecule has 1 aromatic carbocycles. The van der Waals surface area contributed by atoms with Gasteiger partial charge in [0.1, 0.15) is 5.69 Å². The molecule has 0 spiro atoms. The van der Waals surface area contributed by atoms with Crippen LogP contribution in [-0.2, 0) is 9.53 Å². The molecule has 24 heavy (non-hydrogen) atoms. The van der Waals surface area contributed by atoms with Crippen molar-refractivity contribution >= 4 is 17.2 Å². The van der Waals surface area contributed by atoms with E-state index in [0.717, 1.165) is 16.6 Å². The molecule has 1 amide bonds. The molecule has 2 aromatic heterocycles. The van der Waals surface area contributed by atoms with Gasteiger partial charge in [0.05, 0.1) is 6.61 Å². The minimum absolute atomic E-state index is 0.297. The van der Waals surface area contributed by atoms with Gasteiger partial charge in [0.15, 0.2) is 0 Å². The molecule has 0 radical (unpaired) electrons. The van der Waals surface area contributed by atoms with Crippen LogP contribution in [0.25, 0.3) is 16.6 Å². The monoisotopic (exact) mass is 322 g/mol. The summed E-state index contributed by atoms with van der Waals surface area (Å²) in [5, 5.41) is 2.59. The maximum absolute atomic E-state index is 12.7. The molecule has 0 unspecified atom stereocenters. The molecule has 0 saturated heterocycles. The molecule has 5 nitrogen and oxygen atoms in total. The number of ether oxygens (including phenoxy) is 1. The van der Waals surface area contributed by atoms with Crippen molar-refractivity contribution in [1.29, 1.82) is 0 Å². The second-order valence-electron chi connectivity index (χ2n) is 5.35. The number of rotatable bonds is 6. The summed E-state index contributed by atoms with van der Waals surface area (Å²) in [7, 11) is 1.54. The Kier molecular flexibility index (Phi) is 4.72. The zero-order valence-corrected chi connectivity index (χ0v) is 13.4. The third kappa shape index (κ3) is 3.07. The standard InChI is InChI=1S/C19H18N2O3/c1-24-12-10-20-19(23)18(22)17-16(14-7-3-2-4-8-14)13-15-9-5-6-11-21(15)17/h2-9,11,13H,10,12H2,1H3,(H,20,23). The average Bonchev–Trinajstić information content (AvgIpc) is 3.01. The lowest BCUT2D eigenvalue weighted by Crippen LogP contribution is -2.34. The molecule has 1 N–H and O–H groups in total. The van der Waals surface area contributed by atoms with Gasteiger partial charge in [-0.1, -0.05) is 36.4 Å². The molecule has 0 bridgehead atoms. The van der Waals surface area contributed by atoms with Gasteiger partial charge in [0, 0.05) is 30.9 Å². The zero-order valence-electron chi connectivity index (χ0n) is 13.4. The van der Waals surface area contributed by atoms with Crippen LogP contribution in [0.2, 0.25) is 0 Å². The second kappa shape index (κ2) is 7.10. The molecule has 0 aliphatic rings. The number of benzene rings is 1. The van der Waals surface area contributed by atoms with Gasteiger partial charge in [-0.05, 0) is 23.8 Å². The van der Waals surface area contributed by atoms with E-state index >= 15 is 0 Å². The van der Waals surface area contributed by atoms with Crippen molar-refractivity contribution < 1.29 is 14.3 Å². The summed E-state index contributed by atoms with van der Waals surface area (Å²) in [6.07, 6.45) is 1.79. The van der Waals surface area contributed by atoms with E-state index in [9.17, 15) is 9.59 Å². The molecule has 3 aromatic rings. The fourth-order valence-corrected chi connectivity index (χ4v) is 2.65. The van der Waals surface area contributed by atoms with Gasteiger partial charge in [0.25, 0.3) is 11.7 Å². The summed E-state index contributed by atoms with van der Waals surface area (Å²) in [4.78, 5) is 24.9. The molecule has 2 heterocycles. The summed E-state index contributed by atoms with van der Waals surface area (Å²) < 4.78 is 6.65. The first-order valence-electron chi connectivity index (χ1n) is 7.69. The quantitative estimate of drug-likeness (QED) is 0.431. The number of fused-ring (bicyclic) bond motifs is 1. The minimum Gasteiger partial charge on any atom is -0.383 e. The molecule has 0 aliphatic carbocycles. The Morgan fingerprint density at radius 1 is 1.08 bits per heavy atom. The zero-order chi connectivity index (χ0) is 16.9. The number of ketones is 1. The van der Waals surface area contributed by atoms with Gasteiger partial charge < -0.3 is 14.5 Å². The first kappa shape index (κ1) is 16.0. The average molecular weight is 322 g/mol. The van der Waals surface area contributed by atoms with E-state index in [-0.39, 0.29) is 0 Å². The summed E-state index contributed by atoms with van der Waals surface area (Å²) in [6, 6.07) is 17.1. The van der Waals surface area contributed by atoms with Crippen molar-refractivity contribution in [1.82, 2.24) is 9.72 Å². The highest BCUT2D eigenvalue weighted by atomic mass is 16.5. The number of amides is 1. The van der Waals surface area contributed by atoms with Crippen LogP contribution in [-0.4, -0.2) is 36.4 Å². The fraction of sp³-hybridized carbons (Fsp3) is 0.158. The van der Waals surface area contributed by atoms with Gasteiger partial charge >= 0.3 is 0 Å². The topological polar surface area (TPSA) is 59.8 Å². The van der Waals surface area contributed by atoms with Gasteiger partial charge in [-0.15, -0.1) is 0 Å². The molecule has 122 valence electrons. The maximum atomic E-state index is 12.7. The number of Topliss-reactive ketones (excluding diaryl/α,β-unsaturated/α-hetero) is 1. The lowest BCUT2D eigenvalue weighted by molar-refractivity contribution is -0.117.